The van der Waals surface area contributed by atoms with Gasteiger partial charge in [0.1, 0.15) is 0 Å². The van der Waals surface area contributed by atoms with E-state index < -0.39 is 0 Å². The minimum Gasteiger partial charge on any atom is -0.272 e. The highest BCUT2D eigenvalue weighted by Crippen LogP contribution is 2.25. The summed E-state index contributed by atoms with van der Waals surface area (Å²) in [6.45, 7) is 4.09. The lowest BCUT2D eigenvalue weighted by Crippen LogP contribution is -2.22. The molecule has 0 aliphatic carbocycles. The summed E-state index contributed by atoms with van der Waals surface area (Å²) < 4.78 is 3.45. The molecule has 0 unspecified atom stereocenters. The predicted octanol–water partition coefficient (Wildman–Crippen LogP) is 3.39. The Bertz CT molecular complexity index is 1270. The van der Waals surface area contributed by atoms with Crippen LogP contribution in [-0.2, 0) is 12.3 Å². The number of fused-ring (bicyclic) bond motifs is 3. The number of nitriles is 1. The van der Waals surface area contributed by atoms with E-state index in [1.807, 2.05) is 40.8 Å². The van der Waals surface area contributed by atoms with Gasteiger partial charge in [-0.05, 0) is 23.8 Å². The van der Waals surface area contributed by atoms with Crippen molar-refractivity contribution in [3.05, 3.63) is 82.7 Å². The van der Waals surface area contributed by atoms with Crippen LogP contribution in [0, 0.1) is 11.3 Å². The molecular formula is C20H15N5OS. The molecule has 2 heterocycles. The Morgan fingerprint density at radius 1 is 1.15 bits per heavy atom. The van der Waals surface area contributed by atoms with Gasteiger partial charge in [-0.2, -0.15) is 5.26 Å². The molecule has 2 aromatic carbocycles. The molecule has 4 rings (SSSR count). The fraction of sp³-hybridized carbons (Fsp3) is 0.100. The molecule has 0 saturated heterocycles. The fourth-order valence-electron chi connectivity index (χ4n) is 3.02. The van der Waals surface area contributed by atoms with Gasteiger partial charge in [-0.15, -0.1) is 16.8 Å². The maximum atomic E-state index is 12.8. The average molecular weight is 373 g/mol. The number of benzene rings is 2. The van der Waals surface area contributed by atoms with Crippen molar-refractivity contribution in [2.75, 3.05) is 0 Å². The van der Waals surface area contributed by atoms with Crippen LogP contribution in [-0.4, -0.2) is 19.2 Å². The molecular weight excluding hydrogens is 358 g/mol. The average Bonchev–Trinajstić information content (AvgIpc) is 3.13. The summed E-state index contributed by atoms with van der Waals surface area (Å²) >= 11 is 1.48. The molecule has 0 aliphatic rings. The standard InChI is InChI=1S/C20H15N5OS/c1-2-11-24-18(26)16-9-5-6-10-17(16)25-19(24)22-23-20(25)27-13-15-8-4-3-7-14(15)12-21/h2-10H,1,11,13H2. The third-order valence-corrected chi connectivity index (χ3v) is 5.26. The Morgan fingerprint density at radius 3 is 2.74 bits per heavy atom. The van der Waals surface area contributed by atoms with E-state index in [2.05, 4.69) is 22.8 Å². The lowest BCUT2D eigenvalue weighted by molar-refractivity contribution is 0.783. The van der Waals surface area contributed by atoms with E-state index in [0.717, 1.165) is 11.1 Å². The number of allylic oxidation sites excluding steroid dienone is 1. The second-order valence-corrected chi connectivity index (χ2v) is 6.84. The third kappa shape index (κ3) is 2.90. The Kier molecular flexibility index (Phi) is 4.48. The summed E-state index contributed by atoms with van der Waals surface area (Å²) in [7, 11) is 0. The molecule has 0 spiro atoms. The number of para-hydroxylation sites is 1. The van der Waals surface area contributed by atoms with Gasteiger partial charge in [0.25, 0.3) is 5.56 Å². The first-order valence-corrected chi connectivity index (χ1v) is 9.31. The van der Waals surface area contributed by atoms with Crippen molar-refractivity contribution in [2.24, 2.45) is 0 Å². The molecule has 7 heteroatoms. The second kappa shape index (κ2) is 7.09. The zero-order valence-corrected chi connectivity index (χ0v) is 15.2. The highest BCUT2D eigenvalue weighted by molar-refractivity contribution is 7.98. The van der Waals surface area contributed by atoms with Crippen molar-refractivity contribution < 1.29 is 0 Å². The maximum Gasteiger partial charge on any atom is 0.263 e. The van der Waals surface area contributed by atoms with Gasteiger partial charge < -0.3 is 0 Å². The van der Waals surface area contributed by atoms with Gasteiger partial charge >= 0.3 is 0 Å². The van der Waals surface area contributed by atoms with Gasteiger partial charge in [-0.3, -0.25) is 13.8 Å². The van der Waals surface area contributed by atoms with Crippen molar-refractivity contribution in [2.45, 2.75) is 17.5 Å². The van der Waals surface area contributed by atoms with Crippen LogP contribution < -0.4 is 5.56 Å². The molecule has 27 heavy (non-hydrogen) atoms. The zero-order valence-electron chi connectivity index (χ0n) is 14.4. The normalized spacial score (nSPS) is 10.9. The first kappa shape index (κ1) is 17.1. The van der Waals surface area contributed by atoms with Crippen LogP contribution in [0.3, 0.4) is 0 Å². The summed E-state index contributed by atoms with van der Waals surface area (Å²) in [6, 6.07) is 17.1. The molecule has 0 atom stereocenters. The highest BCUT2D eigenvalue weighted by Gasteiger charge is 2.16. The molecule has 0 N–H and O–H groups in total. The summed E-state index contributed by atoms with van der Waals surface area (Å²) in [6.07, 6.45) is 1.67. The minimum atomic E-state index is -0.114. The van der Waals surface area contributed by atoms with Crippen LogP contribution in [0.5, 0.6) is 0 Å². The van der Waals surface area contributed by atoms with Crippen molar-refractivity contribution in [3.8, 4) is 6.07 Å². The highest BCUT2D eigenvalue weighted by atomic mass is 32.2. The van der Waals surface area contributed by atoms with E-state index in [1.165, 1.54) is 11.8 Å². The monoisotopic (exact) mass is 373 g/mol. The van der Waals surface area contributed by atoms with E-state index in [1.54, 1.807) is 22.8 Å². The summed E-state index contributed by atoms with van der Waals surface area (Å²) in [5, 5.41) is 19.1. The number of hydrogen-bond donors (Lipinski definition) is 0. The van der Waals surface area contributed by atoms with Gasteiger partial charge in [0, 0.05) is 12.3 Å². The van der Waals surface area contributed by atoms with Crippen LogP contribution in [0.4, 0.5) is 0 Å². The second-order valence-electron chi connectivity index (χ2n) is 5.90. The SMILES string of the molecule is C=CCn1c(=O)c2ccccc2n2c(SCc3ccccc3C#N)nnc12. The topological polar surface area (TPSA) is 76.0 Å². The smallest absolute Gasteiger partial charge is 0.263 e. The number of aromatic nitrogens is 4. The molecule has 0 radical (unpaired) electrons. The number of nitrogens with zero attached hydrogens (tertiary/aromatic N) is 5. The molecule has 6 nitrogen and oxygen atoms in total. The molecule has 0 amide bonds. The summed E-state index contributed by atoms with van der Waals surface area (Å²) in [5.74, 6) is 1.06. The van der Waals surface area contributed by atoms with E-state index >= 15 is 0 Å². The maximum absolute atomic E-state index is 12.8. The summed E-state index contributed by atoms with van der Waals surface area (Å²) in [4.78, 5) is 12.8. The largest absolute Gasteiger partial charge is 0.272 e. The van der Waals surface area contributed by atoms with Gasteiger partial charge in [0.15, 0.2) is 5.16 Å². The van der Waals surface area contributed by atoms with E-state index in [0.29, 0.717) is 34.2 Å². The molecule has 0 saturated carbocycles. The first-order chi connectivity index (χ1) is 13.2. The van der Waals surface area contributed by atoms with Crippen LogP contribution in [0.25, 0.3) is 16.7 Å². The van der Waals surface area contributed by atoms with Crippen LogP contribution >= 0.6 is 11.8 Å². The Labute approximate surface area is 159 Å². The van der Waals surface area contributed by atoms with Crippen molar-refractivity contribution in [3.63, 3.8) is 0 Å². The van der Waals surface area contributed by atoms with Crippen LogP contribution in [0.1, 0.15) is 11.1 Å². The lowest BCUT2D eigenvalue weighted by Gasteiger charge is -2.09. The van der Waals surface area contributed by atoms with E-state index in [-0.39, 0.29) is 5.56 Å². The Morgan fingerprint density at radius 2 is 1.93 bits per heavy atom. The van der Waals surface area contributed by atoms with Crippen LogP contribution in [0.15, 0.2) is 71.1 Å². The Hall–Kier alpha value is -3.37. The van der Waals surface area contributed by atoms with Gasteiger partial charge in [-0.25, -0.2) is 0 Å². The van der Waals surface area contributed by atoms with Gasteiger partial charge in [0.2, 0.25) is 5.78 Å². The molecule has 4 aromatic rings. The lowest BCUT2D eigenvalue weighted by atomic mass is 10.1. The predicted molar refractivity (Wildman–Crippen MR) is 106 cm³/mol. The molecule has 132 valence electrons. The first-order valence-electron chi connectivity index (χ1n) is 8.33. The number of hydrogen-bond acceptors (Lipinski definition) is 5. The van der Waals surface area contributed by atoms with Crippen LogP contribution in [0.2, 0.25) is 0 Å². The fourth-order valence-corrected chi connectivity index (χ4v) is 3.96. The van der Waals surface area contributed by atoms with E-state index in [9.17, 15) is 10.1 Å². The summed E-state index contributed by atoms with van der Waals surface area (Å²) in [5.41, 5.74) is 2.23. The number of rotatable bonds is 5. The minimum absolute atomic E-state index is 0.114. The third-order valence-electron chi connectivity index (χ3n) is 4.28. The van der Waals surface area contributed by atoms with Gasteiger partial charge in [-0.1, -0.05) is 48.2 Å². The van der Waals surface area contributed by atoms with Crippen molar-refractivity contribution in [1.82, 2.24) is 19.2 Å². The zero-order chi connectivity index (χ0) is 18.8. The molecule has 2 aromatic heterocycles. The number of thioether (sulfide) groups is 1. The molecule has 0 aliphatic heterocycles. The van der Waals surface area contributed by atoms with E-state index in [4.69, 9.17) is 0 Å². The van der Waals surface area contributed by atoms with Crippen molar-refractivity contribution >= 4 is 28.4 Å². The molecule has 0 fully saturated rings. The van der Waals surface area contributed by atoms with Crippen molar-refractivity contribution in [1.29, 1.82) is 5.26 Å². The van der Waals surface area contributed by atoms with Gasteiger partial charge in [0.05, 0.1) is 22.5 Å². The Balaban J connectivity index is 1.86. The molecule has 0 bridgehead atoms. The quantitative estimate of drug-likeness (QED) is 0.396.